The fourth-order valence-electron chi connectivity index (χ4n) is 3.15. The molecule has 0 radical (unpaired) electrons. The molecule has 0 saturated carbocycles. The fourth-order valence-corrected chi connectivity index (χ4v) is 3.15. The number of amides is 3. The highest BCUT2D eigenvalue weighted by atomic mass is 16.4. The van der Waals surface area contributed by atoms with E-state index >= 15 is 0 Å². The first kappa shape index (κ1) is 26.3. The molecule has 176 valence electrons. The monoisotopic (exact) mass is 446 g/mol. The smallest absolute Gasteiger partial charge is 0.328 e. The molecule has 1 aliphatic rings. The number of carbonyl (C=O) groups is 5. The Hall–Kier alpha value is -2.77. The summed E-state index contributed by atoms with van der Waals surface area (Å²) in [5.74, 6) is -5.11. The Balaban J connectivity index is 2.96. The van der Waals surface area contributed by atoms with E-state index in [-0.39, 0.29) is 19.4 Å². The highest BCUT2D eigenvalue weighted by molar-refractivity contribution is 5.94. The Morgan fingerprint density at radius 3 is 2.16 bits per heavy atom. The Morgan fingerprint density at radius 1 is 1.06 bits per heavy atom. The van der Waals surface area contributed by atoms with E-state index in [1.54, 1.807) is 0 Å². The van der Waals surface area contributed by atoms with E-state index in [2.05, 4.69) is 10.6 Å². The van der Waals surface area contributed by atoms with Crippen molar-refractivity contribution in [2.24, 2.45) is 5.73 Å². The first-order valence-electron chi connectivity index (χ1n) is 9.84. The van der Waals surface area contributed by atoms with Gasteiger partial charge in [0.15, 0.2) is 6.04 Å². The molecule has 0 spiro atoms. The van der Waals surface area contributed by atoms with Crippen LogP contribution in [-0.2, 0) is 24.0 Å². The van der Waals surface area contributed by atoms with Gasteiger partial charge in [-0.2, -0.15) is 0 Å². The van der Waals surface area contributed by atoms with Crippen molar-refractivity contribution in [2.45, 2.75) is 75.9 Å². The van der Waals surface area contributed by atoms with Gasteiger partial charge in [-0.25, -0.2) is 4.79 Å². The van der Waals surface area contributed by atoms with E-state index in [9.17, 15) is 34.2 Å². The van der Waals surface area contributed by atoms with Crippen LogP contribution in [0.25, 0.3) is 0 Å². The van der Waals surface area contributed by atoms with Crippen LogP contribution in [0, 0.1) is 0 Å². The van der Waals surface area contributed by atoms with Crippen molar-refractivity contribution in [3.05, 3.63) is 0 Å². The van der Waals surface area contributed by atoms with Crippen LogP contribution in [-0.4, -0.2) is 97.9 Å². The Labute approximate surface area is 178 Å². The minimum absolute atomic E-state index is 0.215. The summed E-state index contributed by atoms with van der Waals surface area (Å²) < 4.78 is 0. The largest absolute Gasteiger partial charge is 0.481 e. The minimum Gasteiger partial charge on any atom is -0.481 e. The van der Waals surface area contributed by atoms with Crippen LogP contribution < -0.4 is 16.4 Å². The second kappa shape index (κ2) is 11.6. The summed E-state index contributed by atoms with van der Waals surface area (Å²) >= 11 is 0. The van der Waals surface area contributed by atoms with Gasteiger partial charge in [-0.15, -0.1) is 0 Å². The predicted molar refractivity (Wildman–Crippen MR) is 104 cm³/mol. The third-order valence-corrected chi connectivity index (χ3v) is 4.97. The molecule has 6 atom stereocenters. The topological polar surface area (TPSA) is 220 Å². The van der Waals surface area contributed by atoms with Gasteiger partial charge in [0.2, 0.25) is 17.7 Å². The molecule has 1 heterocycles. The molecular formula is C18H30N4O9. The summed E-state index contributed by atoms with van der Waals surface area (Å²) in [7, 11) is 0. The van der Waals surface area contributed by atoms with Crippen LogP contribution >= 0.6 is 0 Å². The molecule has 0 aromatic heterocycles. The molecule has 13 nitrogen and oxygen atoms in total. The van der Waals surface area contributed by atoms with E-state index in [1.165, 1.54) is 11.8 Å². The number of likely N-dealkylation sites (tertiary alicyclic amines) is 1. The maximum Gasteiger partial charge on any atom is 0.328 e. The van der Waals surface area contributed by atoms with Gasteiger partial charge in [0.05, 0.1) is 12.2 Å². The molecule has 1 saturated heterocycles. The maximum atomic E-state index is 12.8. The number of carbonyl (C=O) groups excluding carboxylic acids is 3. The third-order valence-electron chi connectivity index (χ3n) is 4.97. The van der Waals surface area contributed by atoms with E-state index < -0.39 is 72.5 Å². The molecule has 0 bridgehead atoms. The van der Waals surface area contributed by atoms with Gasteiger partial charge < -0.3 is 41.7 Å². The molecule has 1 fully saturated rings. The second-order valence-electron chi connectivity index (χ2n) is 7.51. The molecule has 3 amide bonds. The van der Waals surface area contributed by atoms with Crippen LogP contribution in [0.4, 0.5) is 0 Å². The SMILES string of the molecule is CC(O)C(N)C(=O)N1CCCC1C(=O)NC(CCC(=O)O)C(=O)NC(C(=O)O)C(C)O. The average Bonchev–Trinajstić information content (AvgIpc) is 3.16. The number of aliphatic hydroxyl groups excluding tert-OH is 2. The number of nitrogens with zero attached hydrogens (tertiary/aromatic N) is 1. The number of rotatable bonds is 11. The summed E-state index contributed by atoms with van der Waals surface area (Å²) in [4.78, 5) is 61.0. The minimum atomic E-state index is -1.66. The number of aliphatic carboxylic acids is 2. The maximum absolute atomic E-state index is 12.8. The summed E-state index contributed by atoms with van der Waals surface area (Å²) in [6, 6.07) is -5.29. The van der Waals surface area contributed by atoms with Crippen molar-refractivity contribution in [3.8, 4) is 0 Å². The molecule has 13 heteroatoms. The summed E-state index contributed by atoms with van der Waals surface area (Å²) in [6.45, 7) is 2.70. The number of aliphatic hydroxyl groups is 2. The molecule has 31 heavy (non-hydrogen) atoms. The molecule has 1 aliphatic heterocycles. The third kappa shape index (κ3) is 7.45. The lowest BCUT2D eigenvalue weighted by atomic mass is 10.1. The van der Waals surface area contributed by atoms with E-state index in [1.807, 2.05) is 0 Å². The lowest BCUT2D eigenvalue weighted by molar-refractivity contribution is -0.146. The van der Waals surface area contributed by atoms with Gasteiger partial charge in [0, 0.05) is 13.0 Å². The predicted octanol–water partition coefficient (Wildman–Crippen LogP) is -3.01. The van der Waals surface area contributed by atoms with Gasteiger partial charge in [-0.05, 0) is 33.1 Å². The van der Waals surface area contributed by atoms with Crippen molar-refractivity contribution in [1.29, 1.82) is 0 Å². The lowest BCUT2D eigenvalue weighted by Crippen LogP contribution is -2.58. The second-order valence-corrected chi connectivity index (χ2v) is 7.51. The van der Waals surface area contributed by atoms with Crippen molar-refractivity contribution in [2.75, 3.05) is 6.54 Å². The Morgan fingerprint density at radius 2 is 1.68 bits per heavy atom. The van der Waals surface area contributed by atoms with Crippen molar-refractivity contribution in [3.63, 3.8) is 0 Å². The lowest BCUT2D eigenvalue weighted by Gasteiger charge is -2.29. The first-order chi connectivity index (χ1) is 14.4. The van der Waals surface area contributed by atoms with Gasteiger partial charge >= 0.3 is 11.9 Å². The van der Waals surface area contributed by atoms with E-state index in [0.717, 1.165) is 6.92 Å². The average molecular weight is 446 g/mol. The zero-order valence-electron chi connectivity index (χ0n) is 17.4. The molecule has 0 aliphatic carbocycles. The van der Waals surface area contributed by atoms with Crippen LogP contribution in [0.5, 0.6) is 0 Å². The summed E-state index contributed by atoms with van der Waals surface area (Å²) in [5, 5.41) is 41.5. The van der Waals surface area contributed by atoms with Crippen LogP contribution in [0.2, 0.25) is 0 Å². The number of hydrogen-bond acceptors (Lipinski definition) is 8. The van der Waals surface area contributed by atoms with Gasteiger partial charge in [-0.3, -0.25) is 19.2 Å². The number of hydrogen-bond donors (Lipinski definition) is 7. The molecule has 6 unspecified atom stereocenters. The number of carboxylic acid groups (broad SMARTS) is 2. The van der Waals surface area contributed by atoms with E-state index in [4.69, 9.17) is 15.9 Å². The quantitative estimate of drug-likeness (QED) is 0.170. The van der Waals surface area contributed by atoms with Crippen LogP contribution in [0.3, 0.4) is 0 Å². The number of nitrogens with one attached hydrogen (secondary N) is 2. The highest BCUT2D eigenvalue weighted by Gasteiger charge is 2.39. The van der Waals surface area contributed by atoms with Crippen molar-refractivity contribution >= 4 is 29.7 Å². The summed E-state index contributed by atoms with van der Waals surface area (Å²) in [5.41, 5.74) is 5.66. The standard InChI is InChI=1S/C18H30N4O9/c1-8(23)13(19)17(29)22-7-3-4-11(22)16(28)20-10(5-6-12(25)26)15(27)21-14(9(2)24)18(30)31/h8-11,13-14,23-24H,3-7,19H2,1-2H3,(H,20,28)(H,21,27)(H,25,26)(H,30,31). The zero-order chi connectivity index (χ0) is 23.9. The Kier molecular flexibility index (Phi) is 9.81. The highest BCUT2D eigenvalue weighted by Crippen LogP contribution is 2.19. The zero-order valence-corrected chi connectivity index (χ0v) is 17.4. The molecular weight excluding hydrogens is 416 g/mol. The number of nitrogens with two attached hydrogens (primary N) is 1. The van der Waals surface area contributed by atoms with Crippen molar-refractivity contribution in [1.82, 2.24) is 15.5 Å². The molecule has 0 aromatic carbocycles. The fraction of sp³-hybridized carbons (Fsp3) is 0.722. The van der Waals surface area contributed by atoms with Crippen LogP contribution in [0.1, 0.15) is 39.5 Å². The Bertz CT molecular complexity index is 698. The van der Waals surface area contributed by atoms with Gasteiger partial charge in [0.1, 0.15) is 18.1 Å². The van der Waals surface area contributed by atoms with E-state index in [0.29, 0.717) is 6.42 Å². The normalized spacial score (nSPS) is 20.8. The van der Waals surface area contributed by atoms with Gasteiger partial charge in [0.25, 0.3) is 0 Å². The molecule has 1 rings (SSSR count). The molecule has 8 N–H and O–H groups in total. The number of carboxylic acids is 2. The molecule has 0 aromatic rings. The summed E-state index contributed by atoms with van der Waals surface area (Å²) in [6.07, 6.45) is -2.67. The van der Waals surface area contributed by atoms with Crippen LogP contribution in [0.15, 0.2) is 0 Å². The van der Waals surface area contributed by atoms with Crippen molar-refractivity contribution < 1.29 is 44.4 Å². The van der Waals surface area contributed by atoms with Gasteiger partial charge in [-0.1, -0.05) is 0 Å². The first-order valence-corrected chi connectivity index (χ1v) is 9.84.